The topological polar surface area (TPSA) is 82.4 Å². The van der Waals surface area contributed by atoms with E-state index in [4.69, 9.17) is 9.47 Å². The van der Waals surface area contributed by atoms with Crippen molar-refractivity contribution >= 4 is 0 Å². The first-order chi connectivity index (χ1) is 21.1. The van der Waals surface area contributed by atoms with Gasteiger partial charge in [0.1, 0.15) is 17.2 Å². The fourth-order valence-electron chi connectivity index (χ4n) is 6.08. The van der Waals surface area contributed by atoms with E-state index in [0.29, 0.717) is 31.1 Å². The van der Waals surface area contributed by atoms with Gasteiger partial charge in [-0.2, -0.15) is 0 Å². The lowest BCUT2D eigenvalue weighted by molar-refractivity contribution is 0.109. The molecule has 0 aliphatic heterocycles. The molecule has 3 aromatic rings. The van der Waals surface area contributed by atoms with E-state index in [-0.39, 0.29) is 41.6 Å². The van der Waals surface area contributed by atoms with E-state index in [1.807, 2.05) is 26.0 Å². The number of phenols is 3. The number of hydrogen-bond donors (Lipinski definition) is 3. The number of nitrogens with zero attached hydrogens (tertiary/aromatic N) is 1. The van der Waals surface area contributed by atoms with E-state index >= 15 is 0 Å². The second kappa shape index (κ2) is 15.5. The van der Waals surface area contributed by atoms with Gasteiger partial charge in [0, 0.05) is 45.0 Å². The van der Waals surface area contributed by atoms with Crippen molar-refractivity contribution < 1.29 is 24.8 Å². The summed E-state index contributed by atoms with van der Waals surface area (Å²) in [5, 5.41) is 33.4. The highest BCUT2D eigenvalue weighted by molar-refractivity contribution is 5.49. The number of aromatic hydroxyl groups is 3. The maximum Gasteiger partial charge on any atom is 0.127 e. The molecule has 0 aliphatic rings. The quantitative estimate of drug-likeness (QED) is 0.167. The molecule has 3 aromatic carbocycles. The molecule has 0 spiro atoms. The molecule has 0 bridgehead atoms. The molecule has 6 heteroatoms. The van der Waals surface area contributed by atoms with E-state index in [0.717, 1.165) is 50.1 Å². The van der Waals surface area contributed by atoms with Crippen molar-refractivity contribution in [3.8, 4) is 17.2 Å². The van der Waals surface area contributed by atoms with Gasteiger partial charge < -0.3 is 24.8 Å². The molecule has 0 fully saturated rings. The highest BCUT2D eigenvalue weighted by atomic mass is 16.5. The van der Waals surface area contributed by atoms with Crippen LogP contribution in [0.1, 0.15) is 155 Å². The highest BCUT2D eigenvalue weighted by Crippen LogP contribution is 2.39. The molecule has 0 aromatic heterocycles. The molecule has 0 radical (unpaired) electrons. The number of rotatable bonds is 14. The SMILES string of the molecule is COC(C)c1cc(CN(Cc2cc(C(C)C)c(O)c(C(C)C)c2)Cc2cc(C(C)C)c(O)c(C(C)C)c2)cc(C(C)OC)c1O. The van der Waals surface area contributed by atoms with Crippen molar-refractivity contribution in [2.24, 2.45) is 0 Å². The standard InChI is InChI=1S/C39H57NO5/c1-22(2)31-13-28(14-32(23(3)4)37(31)41)19-40(20-29-15-33(24(5)6)38(42)34(16-29)25(7)8)21-30-17-35(26(9)44-11)39(43)36(18-30)27(10)45-12/h13-18,22-27,41-43H,19-21H2,1-12H3. The molecule has 45 heavy (non-hydrogen) atoms. The van der Waals surface area contributed by atoms with Crippen molar-refractivity contribution in [2.45, 2.75) is 125 Å². The zero-order valence-corrected chi connectivity index (χ0v) is 29.7. The Bertz CT molecular complexity index is 1280. The third-order valence-electron chi connectivity index (χ3n) is 8.98. The fraction of sp³-hybridized carbons (Fsp3) is 0.538. The minimum absolute atomic E-state index is 0.184. The van der Waals surface area contributed by atoms with Gasteiger partial charge >= 0.3 is 0 Å². The van der Waals surface area contributed by atoms with Gasteiger partial charge in [0.05, 0.1) is 12.2 Å². The second-order valence-corrected chi connectivity index (χ2v) is 13.9. The number of phenolic OH excluding ortho intramolecular Hbond substituents is 3. The summed E-state index contributed by atoms with van der Waals surface area (Å²) in [6, 6.07) is 12.6. The summed E-state index contributed by atoms with van der Waals surface area (Å²) in [5.41, 5.74) is 8.63. The first-order valence-corrected chi connectivity index (χ1v) is 16.4. The van der Waals surface area contributed by atoms with Crippen LogP contribution in [-0.2, 0) is 29.1 Å². The van der Waals surface area contributed by atoms with Crippen molar-refractivity contribution in [1.82, 2.24) is 4.90 Å². The Hall–Kier alpha value is -3.06. The molecular formula is C39H57NO5. The minimum atomic E-state index is -0.292. The summed E-state index contributed by atoms with van der Waals surface area (Å²) in [7, 11) is 3.30. The zero-order chi connectivity index (χ0) is 33.7. The van der Waals surface area contributed by atoms with Crippen LogP contribution in [0.15, 0.2) is 36.4 Å². The Kier molecular flexibility index (Phi) is 12.5. The van der Waals surface area contributed by atoms with Crippen molar-refractivity contribution in [1.29, 1.82) is 0 Å². The highest BCUT2D eigenvalue weighted by Gasteiger charge is 2.23. The molecule has 2 atom stereocenters. The predicted octanol–water partition coefficient (Wildman–Crippen LogP) is 9.91. The Morgan fingerprint density at radius 3 is 0.889 bits per heavy atom. The Balaban J connectivity index is 2.20. The summed E-state index contributed by atoms with van der Waals surface area (Å²) in [5.74, 6) is 1.73. The molecule has 6 nitrogen and oxygen atoms in total. The lowest BCUT2D eigenvalue weighted by atomic mass is 9.90. The van der Waals surface area contributed by atoms with Crippen LogP contribution in [0.2, 0.25) is 0 Å². The van der Waals surface area contributed by atoms with Gasteiger partial charge in [-0.25, -0.2) is 0 Å². The van der Waals surface area contributed by atoms with E-state index in [1.54, 1.807) is 14.2 Å². The molecule has 248 valence electrons. The lowest BCUT2D eigenvalue weighted by Crippen LogP contribution is -2.23. The van der Waals surface area contributed by atoms with E-state index in [9.17, 15) is 15.3 Å². The van der Waals surface area contributed by atoms with E-state index in [2.05, 4.69) is 84.6 Å². The Labute approximate surface area is 272 Å². The number of ether oxygens (including phenoxy) is 2. The summed E-state index contributed by atoms with van der Waals surface area (Å²) in [4.78, 5) is 2.40. The molecule has 0 heterocycles. The zero-order valence-electron chi connectivity index (χ0n) is 29.7. The maximum atomic E-state index is 11.2. The average molecular weight is 620 g/mol. The van der Waals surface area contributed by atoms with E-state index in [1.165, 1.54) is 0 Å². The Morgan fingerprint density at radius 2 is 0.667 bits per heavy atom. The third-order valence-corrected chi connectivity index (χ3v) is 8.98. The van der Waals surface area contributed by atoms with Gasteiger partial charge in [-0.15, -0.1) is 0 Å². The second-order valence-electron chi connectivity index (χ2n) is 13.9. The largest absolute Gasteiger partial charge is 0.507 e. The van der Waals surface area contributed by atoms with Crippen LogP contribution in [0, 0.1) is 0 Å². The monoisotopic (exact) mass is 619 g/mol. The van der Waals surface area contributed by atoms with Gasteiger partial charge in [0.25, 0.3) is 0 Å². The van der Waals surface area contributed by atoms with Crippen molar-refractivity contribution in [2.75, 3.05) is 14.2 Å². The predicted molar refractivity (Wildman–Crippen MR) is 184 cm³/mol. The van der Waals surface area contributed by atoms with Crippen LogP contribution in [0.3, 0.4) is 0 Å². The molecule has 0 amide bonds. The lowest BCUT2D eigenvalue weighted by Gasteiger charge is -2.27. The van der Waals surface area contributed by atoms with Crippen LogP contribution in [0.5, 0.6) is 17.2 Å². The summed E-state index contributed by atoms with van der Waals surface area (Å²) in [6.07, 6.45) is -0.584. The smallest absolute Gasteiger partial charge is 0.127 e. The fourth-order valence-corrected chi connectivity index (χ4v) is 6.08. The van der Waals surface area contributed by atoms with Crippen LogP contribution in [0.25, 0.3) is 0 Å². The normalized spacial score (nSPS) is 13.5. The Morgan fingerprint density at radius 1 is 0.444 bits per heavy atom. The van der Waals surface area contributed by atoms with Crippen LogP contribution < -0.4 is 0 Å². The number of methoxy groups -OCH3 is 2. The molecule has 0 saturated carbocycles. The van der Waals surface area contributed by atoms with Gasteiger partial charge in [0.2, 0.25) is 0 Å². The van der Waals surface area contributed by atoms with Crippen LogP contribution in [-0.4, -0.2) is 34.4 Å². The van der Waals surface area contributed by atoms with E-state index < -0.39 is 0 Å². The molecule has 0 aliphatic carbocycles. The van der Waals surface area contributed by atoms with Crippen LogP contribution >= 0.6 is 0 Å². The van der Waals surface area contributed by atoms with Gasteiger partial charge in [-0.3, -0.25) is 4.90 Å². The molecule has 3 N–H and O–H groups in total. The van der Waals surface area contributed by atoms with Crippen molar-refractivity contribution in [3.05, 3.63) is 86.5 Å². The van der Waals surface area contributed by atoms with Gasteiger partial charge in [0.15, 0.2) is 0 Å². The summed E-state index contributed by atoms with van der Waals surface area (Å²) < 4.78 is 11.3. The molecular weight excluding hydrogens is 562 g/mol. The molecule has 3 rings (SSSR count). The number of benzene rings is 3. The third kappa shape index (κ3) is 8.60. The summed E-state index contributed by atoms with van der Waals surface area (Å²) in [6.45, 7) is 22.7. The first kappa shape index (κ1) is 36.4. The number of hydrogen-bond acceptors (Lipinski definition) is 6. The summed E-state index contributed by atoms with van der Waals surface area (Å²) >= 11 is 0. The maximum absolute atomic E-state index is 11.2. The van der Waals surface area contributed by atoms with Gasteiger partial charge in [-0.05, 0) is 88.6 Å². The first-order valence-electron chi connectivity index (χ1n) is 16.4. The molecule has 2 unspecified atom stereocenters. The minimum Gasteiger partial charge on any atom is -0.507 e. The van der Waals surface area contributed by atoms with Gasteiger partial charge in [-0.1, -0.05) is 79.7 Å². The average Bonchev–Trinajstić information content (AvgIpc) is 2.97. The van der Waals surface area contributed by atoms with Crippen molar-refractivity contribution in [3.63, 3.8) is 0 Å². The molecule has 0 saturated heterocycles. The van der Waals surface area contributed by atoms with Crippen LogP contribution in [0.4, 0.5) is 0 Å².